The van der Waals surface area contributed by atoms with Crippen molar-refractivity contribution in [3.8, 4) is 11.3 Å². The Morgan fingerprint density at radius 3 is 2.55 bits per heavy atom. The number of benzene rings is 2. The smallest absolute Gasteiger partial charge is 0.233 e. The Morgan fingerprint density at radius 2 is 1.79 bits per heavy atom. The molecule has 6 nitrogen and oxygen atoms in total. The SMILES string of the molecule is Cc1nnc(C2Cc3ccccc3CN2Cc2ccccc2-c2ccnn2C)o1. The molecule has 146 valence electrons. The molecule has 1 unspecified atom stereocenters. The van der Waals surface area contributed by atoms with Gasteiger partial charge in [0.1, 0.15) is 0 Å². The number of rotatable bonds is 4. The predicted octanol–water partition coefficient (Wildman–Crippen LogP) is 4.08. The Kier molecular flexibility index (Phi) is 4.48. The Morgan fingerprint density at radius 1 is 1.00 bits per heavy atom. The highest BCUT2D eigenvalue weighted by atomic mass is 16.4. The standard InChI is InChI=1S/C23H23N5O/c1-16-25-26-23(29-16)22-13-17-7-3-4-8-18(17)14-28(22)15-19-9-5-6-10-20(19)21-11-12-24-27(21)2/h3-12,22H,13-15H2,1-2H3. The van der Waals surface area contributed by atoms with Crippen LogP contribution < -0.4 is 0 Å². The van der Waals surface area contributed by atoms with E-state index in [-0.39, 0.29) is 6.04 Å². The molecular formula is C23H23N5O. The fourth-order valence-corrected chi connectivity index (χ4v) is 4.20. The summed E-state index contributed by atoms with van der Waals surface area (Å²) < 4.78 is 7.77. The normalized spacial score (nSPS) is 16.7. The van der Waals surface area contributed by atoms with Crippen LogP contribution in [0, 0.1) is 6.92 Å². The van der Waals surface area contributed by atoms with Crippen LogP contribution in [-0.4, -0.2) is 24.9 Å². The van der Waals surface area contributed by atoms with Gasteiger partial charge in [0.15, 0.2) is 0 Å². The first-order valence-corrected chi connectivity index (χ1v) is 9.86. The van der Waals surface area contributed by atoms with Crippen molar-refractivity contribution in [2.75, 3.05) is 0 Å². The maximum Gasteiger partial charge on any atom is 0.233 e. The van der Waals surface area contributed by atoms with E-state index < -0.39 is 0 Å². The van der Waals surface area contributed by atoms with E-state index in [1.807, 2.05) is 24.9 Å². The minimum Gasteiger partial charge on any atom is -0.424 e. The second kappa shape index (κ2) is 7.29. The van der Waals surface area contributed by atoms with Crippen LogP contribution >= 0.6 is 0 Å². The van der Waals surface area contributed by atoms with Gasteiger partial charge in [-0.2, -0.15) is 5.10 Å². The number of aryl methyl sites for hydroxylation is 2. The third-order valence-corrected chi connectivity index (χ3v) is 5.66. The van der Waals surface area contributed by atoms with Gasteiger partial charge in [-0.25, -0.2) is 0 Å². The fourth-order valence-electron chi connectivity index (χ4n) is 4.20. The van der Waals surface area contributed by atoms with Crippen molar-refractivity contribution in [1.29, 1.82) is 0 Å². The van der Waals surface area contributed by atoms with E-state index in [1.165, 1.54) is 22.3 Å². The molecule has 0 saturated carbocycles. The molecule has 0 saturated heterocycles. The van der Waals surface area contributed by atoms with E-state index in [9.17, 15) is 0 Å². The molecule has 4 aromatic rings. The van der Waals surface area contributed by atoms with Crippen molar-refractivity contribution in [2.45, 2.75) is 32.5 Å². The molecule has 1 aliphatic rings. The number of fused-ring (bicyclic) bond motifs is 1. The molecule has 0 fully saturated rings. The molecule has 2 aromatic carbocycles. The van der Waals surface area contributed by atoms with Crippen LogP contribution in [0.25, 0.3) is 11.3 Å². The molecule has 0 aliphatic carbocycles. The third kappa shape index (κ3) is 3.36. The molecular weight excluding hydrogens is 362 g/mol. The van der Waals surface area contributed by atoms with E-state index in [2.05, 4.69) is 74.8 Å². The topological polar surface area (TPSA) is 60.0 Å². The predicted molar refractivity (Wildman–Crippen MR) is 110 cm³/mol. The molecule has 3 heterocycles. The Balaban J connectivity index is 1.53. The highest BCUT2D eigenvalue weighted by molar-refractivity contribution is 5.63. The van der Waals surface area contributed by atoms with Crippen molar-refractivity contribution >= 4 is 0 Å². The lowest BCUT2D eigenvalue weighted by molar-refractivity contribution is 0.137. The van der Waals surface area contributed by atoms with Crippen molar-refractivity contribution in [2.24, 2.45) is 7.05 Å². The summed E-state index contributed by atoms with van der Waals surface area (Å²) >= 11 is 0. The van der Waals surface area contributed by atoms with Crippen LogP contribution in [0.4, 0.5) is 0 Å². The number of hydrogen-bond donors (Lipinski definition) is 0. The molecule has 2 aromatic heterocycles. The minimum absolute atomic E-state index is 0.0608. The number of hydrogen-bond acceptors (Lipinski definition) is 5. The molecule has 29 heavy (non-hydrogen) atoms. The lowest BCUT2D eigenvalue weighted by Crippen LogP contribution is -2.34. The average molecular weight is 385 g/mol. The molecule has 0 spiro atoms. The molecule has 6 heteroatoms. The van der Waals surface area contributed by atoms with Gasteiger partial charge in [0.2, 0.25) is 11.8 Å². The van der Waals surface area contributed by atoms with Gasteiger partial charge in [-0.1, -0.05) is 48.5 Å². The second-order valence-electron chi connectivity index (χ2n) is 7.55. The first-order valence-electron chi connectivity index (χ1n) is 9.86. The van der Waals surface area contributed by atoms with Crippen molar-refractivity contribution in [3.63, 3.8) is 0 Å². The van der Waals surface area contributed by atoms with Gasteiger partial charge < -0.3 is 4.42 Å². The first-order chi connectivity index (χ1) is 14.2. The van der Waals surface area contributed by atoms with Gasteiger partial charge in [0.05, 0.1) is 11.7 Å². The summed E-state index contributed by atoms with van der Waals surface area (Å²) in [5.74, 6) is 1.30. The summed E-state index contributed by atoms with van der Waals surface area (Å²) in [6.07, 6.45) is 2.71. The summed E-state index contributed by atoms with van der Waals surface area (Å²) in [5.41, 5.74) is 6.29. The van der Waals surface area contributed by atoms with Gasteiger partial charge in [-0.05, 0) is 29.2 Å². The molecule has 0 bridgehead atoms. The molecule has 5 rings (SSSR count). The Labute approximate surface area is 169 Å². The van der Waals surface area contributed by atoms with Crippen LogP contribution in [0.2, 0.25) is 0 Å². The van der Waals surface area contributed by atoms with Crippen LogP contribution in [0.1, 0.15) is 34.5 Å². The van der Waals surface area contributed by atoms with Crippen molar-refractivity contribution in [3.05, 3.63) is 89.3 Å². The van der Waals surface area contributed by atoms with Crippen LogP contribution in [0.15, 0.2) is 65.2 Å². The zero-order chi connectivity index (χ0) is 19.8. The highest BCUT2D eigenvalue weighted by Crippen LogP contribution is 2.35. The van der Waals surface area contributed by atoms with E-state index in [0.29, 0.717) is 11.8 Å². The van der Waals surface area contributed by atoms with Gasteiger partial charge in [-0.3, -0.25) is 9.58 Å². The van der Waals surface area contributed by atoms with Crippen LogP contribution in [-0.2, 0) is 26.6 Å². The van der Waals surface area contributed by atoms with E-state index in [4.69, 9.17) is 4.42 Å². The highest BCUT2D eigenvalue weighted by Gasteiger charge is 2.31. The van der Waals surface area contributed by atoms with Gasteiger partial charge in [-0.15, -0.1) is 10.2 Å². The van der Waals surface area contributed by atoms with Gasteiger partial charge in [0, 0.05) is 38.8 Å². The zero-order valence-corrected chi connectivity index (χ0v) is 16.6. The minimum atomic E-state index is 0.0608. The fraction of sp³-hybridized carbons (Fsp3) is 0.261. The molecule has 1 atom stereocenters. The Bertz CT molecular complexity index is 1150. The molecule has 0 radical (unpaired) electrons. The van der Waals surface area contributed by atoms with Crippen LogP contribution in [0.3, 0.4) is 0 Å². The third-order valence-electron chi connectivity index (χ3n) is 5.66. The van der Waals surface area contributed by atoms with E-state index in [0.717, 1.165) is 25.2 Å². The summed E-state index contributed by atoms with van der Waals surface area (Å²) in [6.45, 7) is 3.49. The van der Waals surface area contributed by atoms with Gasteiger partial charge >= 0.3 is 0 Å². The monoisotopic (exact) mass is 385 g/mol. The number of aromatic nitrogens is 4. The molecule has 0 N–H and O–H groups in total. The lowest BCUT2D eigenvalue weighted by atomic mass is 9.92. The number of nitrogens with zero attached hydrogens (tertiary/aromatic N) is 5. The summed E-state index contributed by atoms with van der Waals surface area (Å²) in [5, 5.41) is 12.8. The lowest BCUT2D eigenvalue weighted by Gasteiger charge is -2.35. The second-order valence-corrected chi connectivity index (χ2v) is 7.55. The molecule has 1 aliphatic heterocycles. The Hall–Kier alpha value is -3.25. The van der Waals surface area contributed by atoms with Crippen LogP contribution in [0.5, 0.6) is 0 Å². The summed E-state index contributed by atoms with van der Waals surface area (Å²) in [4.78, 5) is 2.44. The summed E-state index contributed by atoms with van der Waals surface area (Å²) in [7, 11) is 1.98. The first kappa shape index (κ1) is 17.8. The molecule has 0 amide bonds. The van der Waals surface area contributed by atoms with E-state index in [1.54, 1.807) is 0 Å². The quantitative estimate of drug-likeness (QED) is 0.530. The maximum atomic E-state index is 5.85. The van der Waals surface area contributed by atoms with Gasteiger partial charge in [0.25, 0.3) is 0 Å². The summed E-state index contributed by atoms with van der Waals surface area (Å²) in [6, 6.07) is 19.3. The van der Waals surface area contributed by atoms with Crippen molar-refractivity contribution < 1.29 is 4.42 Å². The van der Waals surface area contributed by atoms with E-state index >= 15 is 0 Å². The largest absolute Gasteiger partial charge is 0.424 e. The maximum absolute atomic E-state index is 5.85. The van der Waals surface area contributed by atoms with Crippen molar-refractivity contribution in [1.82, 2.24) is 24.9 Å². The zero-order valence-electron chi connectivity index (χ0n) is 16.6. The average Bonchev–Trinajstić information content (AvgIpc) is 3.36.